The highest BCUT2D eigenvalue weighted by atomic mass is 19.1. The Morgan fingerprint density at radius 1 is 1.10 bits per heavy atom. The molecule has 0 spiro atoms. The molecule has 6 heteroatoms. The Kier molecular flexibility index (Phi) is 6.20. The highest BCUT2D eigenvalue weighted by Crippen LogP contribution is 2.29. The number of likely N-dealkylation sites (tertiary alicyclic amines) is 1. The van der Waals surface area contributed by atoms with Crippen LogP contribution in [0.3, 0.4) is 0 Å². The van der Waals surface area contributed by atoms with Crippen molar-refractivity contribution >= 4 is 17.5 Å². The molecule has 1 aliphatic heterocycles. The normalized spacial score (nSPS) is 20.0. The van der Waals surface area contributed by atoms with Crippen LogP contribution in [0.15, 0.2) is 48.5 Å². The molecular formula is C23H28FN3O2. The average molecular weight is 397 g/mol. The van der Waals surface area contributed by atoms with Gasteiger partial charge in [-0.3, -0.25) is 9.59 Å². The maximum Gasteiger partial charge on any atom is 0.243 e. The summed E-state index contributed by atoms with van der Waals surface area (Å²) >= 11 is 0. The van der Waals surface area contributed by atoms with Crippen molar-refractivity contribution in [3.63, 3.8) is 0 Å². The van der Waals surface area contributed by atoms with Gasteiger partial charge < -0.3 is 16.0 Å². The number of hydrogen-bond acceptors (Lipinski definition) is 3. The van der Waals surface area contributed by atoms with Crippen LogP contribution in [0, 0.1) is 0 Å². The van der Waals surface area contributed by atoms with E-state index in [2.05, 4.69) is 19.2 Å². The van der Waals surface area contributed by atoms with Gasteiger partial charge in [0.05, 0.1) is 12.6 Å². The second-order valence-corrected chi connectivity index (χ2v) is 7.91. The summed E-state index contributed by atoms with van der Waals surface area (Å²) < 4.78 is 13.9. The SMILES string of the molecule is CC(=O)N1C[C@H](F)C[C@H]1C(=O)NC(c1ccc(C(C)C)cc1)c1ccccc1N. The molecule has 2 aromatic carbocycles. The Morgan fingerprint density at radius 2 is 1.72 bits per heavy atom. The first kappa shape index (κ1) is 20.8. The molecule has 5 nitrogen and oxygen atoms in total. The minimum atomic E-state index is -1.19. The summed E-state index contributed by atoms with van der Waals surface area (Å²) in [6.07, 6.45) is -1.19. The number of anilines is 1. The molecule has 0 bridgehead atoms. The van der Waals surface area contributed by atoms with E-state index in [9.17, 15) is 14.0 Å². The minimum absolute atomic E-state index is 0.00862. The summed E-state index contributed by atoms with van der Waals surface area (Å²) in [4.78, 5) is 26.2. The average Bonchev–Trinajstić information content (AvgIpc) is 3.09. The molecule has 3 N–H and O–H groups in total. The molecule has 0 saturated carbocycles. The van der Waals surface area contributed by atoms with Gasteiger partial charge in [0.1, 0.15) is 12.2 Å². The van der Waals surface area contributed by atoms with E-state index in [1.54, 1.807) is 6.07 Å². The predicted molar refractivity (Wildman–Crippen MR) is 112 cm³/mol. The molecule has 2 amide bonds. The van der Waals surface area contributed by atoms with E-state index in [0.29, 0.717) is 11.6 Å². The van der Waals surface area contributed by atoms with E-state index < -0.39 is 18.3 Å². The topological polar surface area (TPSA) is 75.4 Å². The summed E-state index contributed by atoms with van der Waals surface area (Å²) in [5, 5.41) is 3.01. The Morgan fingerprint density at radius 3 is 2.31 bits per heavy atom. The lowest BCUT2D eigenvalue weighted by Crippen LogP contribution is -2.46. The van der Waals surface area contributed by atoms with Gasteiger partial charge in [-0.15, -0.1) is 0 Å². The van der Waals surface area contributed by atoms with Crippen molar-refractivity contribution in [1.29, 1.82) is 0 Å². The third-order valence-corrected chi connectivity index (χ3v) is 5.49. The smallest absolute Gasteiger partial charge is 0.243 e. The van der Waals surface area contributed by atoms with Crippen LogP contribution in [0.1, 0.15) is 55.8 Å². The second-order valence-electron chi connectivity index (χ2n) is 7.91. The first-order chi connectivity index (χ1) is 13.8. The van der Waals surface area contributed by atoms with Crippen molar-refractivity contribution in [3.8, 4) is 0 Å². The molecule has 154 valence electrons. The molecule has 0 aliphatic carbocycles. The molecule has 3 rings (SSSR count). The highest BCUT2D eigenvalue weighted by molar-refractivity contribution is 5.88. The predicted octanol–water partition coefficient (Wildman–Crippen LogP) is 3.56. The molecule has 0 radical (unpaired) electrons. The van der Waals surface area contributed by atoms with Gasteiger partial charge in [0.15, 0.2) is 0 Å². The zero-order chi connectivity index (χ0) is 21.1. The lowest BCUT2D eigenvalue weighted by molar-refractivity contribution is -0.137. The molecule has 3 atom stereocenters. The molecule has 2 aromatic rings. The number of nitrogen functional groups attached to an aromatic ring is 1. The lowest BCUT2D eigenvalue weighted by Gasteiger charge is -2.27. The summed E-state index contributed by atoms with van der Waals surface area (Å²) in [5.41, 5.74) is 9.59. The first-order valence-electron chi connectivity index (χ1n) is 9.93. The number of halogens is 1. The number of nitrogens with one attached hydrogen (secondary N) is 1. The highest BCUT2D eigenvalue weighted by Gasteiger charge is 2.39. The van der Waals surface area contributed by atoms with Crippen LogP contribution in [0.25, 0.3) is 0 Å². The van der Waals surface area contributed by atoms with Gasteiger partial charge in [-0.05, 0) is 23.1 Å². The minimum Gasteiger partial charge on any atom is -0.398 e. The van der Waals surface area contributed by atoms with Crippen LogP contribution in [-0.2, 0) is 9.59 Å². The molecule has 1 saturated heterocycles. The quantitative estimate of drug-likeness (QED) is 0.758. The fourth-order valence-corrected chi connectivity index (χ4v) is 3.81. The Balaban J connectivity index is 1.92. The molecule has 1 aliphatic rings. The Bertz CT molecular complexity index is 882. The number of carbonyl (C=O) groups is 2. The van der Waals surface area contributed by atoms with Crippen LogP contribution in [-0.4, -0.2) is 35.5 Å². The van der Waals surface area contributed by atoms with Crippen molar-refractivity contribution < 1.29 is 14.0 Å². The molecule has 1 heterocycles. The first-order valence-corrected chi connectivity index (χ1v) is 9.93. The number of benzene rings is 2. The maximum atomic E-state index is 13.9. The van der Waals surface area contributed by atoms with Gasteiger partial charge in [0.25, 0.3) is 0 Å². The molecule has 0 aromatic heterocycles. The van der Waals surface area contributed by atoms with Crippen molar-refractivity contribution in [2.24, 2.45) is 0 Å². The van der Waals surface area contributed by atoms with Crippen molar-refractivity contribution in [2.45, 2.75) is 51.4 Å². The Labute approximate surface area is 171 Å². The van der Waals surface area contributed by atoms with Crippen molar-refractivity contribution in [1.82, 2.24) is 10.2 Å². The van der Waals surface area contributed by atoms with Crippen LogP contribution < -0.4 is 11.1 Å². The van der Waals surface area contributed by atoms with Crippen LogP contribution in [0.5, 0.6) is 0 Å². The number of para-hydroxylation sites is 1. The largest absolute Gasteiger partial charge is 0.398 e. The number of nitrogens with zero attached hydrogens (tertiary/aromatic N) is 1. The second kappa shape index (κ2) is 8.64. The number of hydrogen-bond donors (Lipinski definition) is 2. The van der Waals surface area contributed by atoms with E-state index in [1.165, 1.54) is 17.4 Å². The number of rotatable bonds is 5. The van der Waals surface area contributed by atoms with Gasteiger partial charge in [0.2, 0.25) is 11.8 Å². The zero-order valence-electron chi connectivity index (χ0n) is 17.1. The fourth-order valence-electron chi connectivity index (χ4n) is 3.81. The Hall–Kier alpha value is -2.89. The number of alkyl halides is 1. The summed E-state index contributed by atoms with van der Waals surface area (Å²) in [7, 11) is 0. The van der Waals surface area contributed by atoms with Crippen LogP contribution in [0.2, 0.25) is 0 Å². The number of amides is 2. The summed E-state index contributed by atoms with van der Waals surface area (Å²) in [5.74, 6) is -0.285. The van der Waals surface area contributed by atoms with Gasteiger partial charge in [0, 0.05) is 24.6 Å². The lowest BCUT2D eigenvalue weighted by atomic mass is 9.94. The van der Waals surface area contributed by atoms with E-state index in [4.69, 9.17) is 5.73 Å². The number of nitrogens with two attached hydrogens (primary N) is 1. The van der Waals surface area contributed by atoms with Gasteiger partial charge in [-0.25, -0.2) is 4.39 Å². The standard InChI is InChI=1S/C23H28FN3O2/c1-14(2)16-8-10-17(11-9-16)22(19-6-4-5-7-20(19)25)26-23(29)21-12-18(24)13-27(21)15(3)28/h4-11,14,18,21-22H,12-13,25H2,1-3H3,(H,26,29)/t18-,21+,22?/m1/s1. The molecule has 1 fully saturated rings. The number of carbonyl (C=O) groups excluding carboxylic acids is 2. The van der Waals surface area contributed by atoms with Crippen molar-refractivity contribution in [2.75, 3.05) is 12.3 Å². The van der Waals surface area contributed by atoms with E-state index in [1.807, 2.05) is 42.5 Å². The molecule has 1 unspecified atom stereocenters. The fraction of sp³-hybridized carbons (Fsp3) is 0.391. The maximum absolute atomic E-state index is 13.9. The van der Waals surface area contributed by atoms with Gasteiger partial charge in [-0.2, -0.15) is 0 Å². The summed E-state index contributed by atoms with van der Waals surface area (Å²) in [6, 6.07) is 14.1. The van der Waals surface area contributed by atoms with Gasteiger partial charge in [-0.1, -0.05) is 56.3 Å². The zero-order valence-corrected chi connectivity index (χ0v) is 17.1. The summed E-state index contributed by atoms with van der Waals surface area (Å²) in [6.45, 7) is 5.55. The van der Waals surface area contributed by atoms with Crippen LogP contribution in [0.4, 0.5) is 10.1 Å². The van der Waals surface area contributed by atoms with E-state index in [0.717, 1.165) is 11.1 Å². The van der Waals surface area contributed by atoms with Crippen molar-refractivity contribution in [3.05, 3.63) is 65.2 Å². The van der Waals surface area contributed by atoms with E-state index in [-0.39, 0.29) is 24.8 Å². The van der Waals surface area contributed by atoms with Crippen LogP contribution >= 0.6 is 0 Å². The van der Waals surface area contributed by atoms with E-state index >= 15 is 0 Å². The third kappa shape index (κ3) is 4.58. The molecule has 29 heavy (non-hydrogen) atoms. The molecular weight excluding hydrogens is 369 g/mol. The third-order valence-electron chi connectivity index (χ3n) is 5.49. The van der Waals surface area contributed by atoms with Gasteiger partial charge >= 0.3 is 0 Å². The monoisotopic (exact) mass is 397 g/mol.